The van der Waals surface area contributed by atoms with E-state index in [2.05, 4.69) is 4.98 Å². The number of rotatable bonds is 2. The summed E-state index contributed by atoms with van der Waals surface area (Å²) in [6, 6.07) is 2.65. The lowest BCUT2D eigenvalue weighted by Crippen LogP contribution is -2.34. The molecule has 1 aliphatic heterocycles. The van der Waals surface area contributed by atoms with E-state index in [0.717, 1.165) is 0 Å². The van der Waals surface area contributed by atoms with E-state index in [0.29, 0.717) is 13.0 Å². The highest BCUT2D eigenvalue weighted by Crippen LogP contribution is 2.17. The second kappa shape index (κ2) is 4.00. The van der Waals surface area contributed by atoms with Gasteiger partial charge in [-0.1, -0.05) is 0 Å². The van der Waals surface area contributed by atoms with Gasteiger partial charge in [0.05, 0.1) is 0 Å². The van der Waals surface area contributed by atoms with Crippen LogP contribution in [0.4, 0.5) is 0 Å². The second-order valence-electron chi connectivity index (χ2n) is 3.78. The van der Waals surface area contributed by atoms with Crippen LogP contribution >= 0.6 is 0 Å². The summed E-state index contributed by atoms with van der Waals surface area (Å²) in [5.41, 5.74) is 5.05. The van der Waals surface area contributed by atoms with Gasteiger partial charge in [0.1, 0.15) is 4.90 Å². The van der Waals surface area contributed by atoms with Crippen LogP contribution in [0.25, 0.3) is 0 Å². The Kier molecular flexibility index (Phi) is 2.83. The Hall–Kier alpha value is -1.18. The Morgan fingerprint density at radius 1 is 1.50 bits per heavy atom. The molecule has 2 heterocycles. The molecule has 0 aliphatic carbocycles. The number of nitrogens with zero attached hydrogens (tertiary/aromatic N) is 1. The van der Waals surface area contributed by atoms with Gasteiger partial charge in [0, 0.05) is 25.3 Å². The van der Waals surface area contributed by atoms with Crippen LogP contribution in [0.2, 0.25) is 0 Å². The lowest BCUT2D eigenvalue weighted by Gasteiger charge is -2.14. The second-order valence-corrected chi connectivity index (χ2v) is 5.68. The smallest absolute Gasteiger partial charge is 0.268 e. The van der Waals surface area contributed by atoms with Crippen LogP contribution in [-0.4, -0.2) is 36.8 Å². The molecule has 1 fully saturated rings. The Balaban J connectivity index is 2.40. The minimum atomic E-state index is -3.69. The zero-order chi connectivity index (χ0) is 11.8. The van der Waals surface area contributed by atoms with E-state index in [9.17, 15) is 13.2 Å². The maximum atomic E-state index is 12.1. The van der Waals surface area contributed by atoms with Crippen LogP contribution in [0, 0.1) is 0 Å². The molecular formula is C9H13N3O3S. The summed E-state index contributed by atoms with van der Waals surface area (Å²) in [6.45, 7) is 0.647. The lowest BCUT2D eigenvalue weighted by atomic mass is 10.3. The Bertz CT molecular complexity index is 537. The molecule has 0 saturated carbocycles. The van der Waals surface area contributed by atoms with Crippen molar-refractivity contribution >= 4 is 10.0 Å². The number of nitrogens with two attached hydrogens (primary N) is 1. The Labute approximate surface area is 93.1 Å². The van der Waals surface area contributed by atoms with Gasteiger partial charge < -0.3 is 10.7 Å². The van der Waals surface area contributed by atoms with Crippen molar-refractivity contribution in [2.24, 2.45) is 5.73 Å². The predicted octanol–water partition coefficient (Wildman–Crippen LogP) is -0.903. The van der Waals surface area contributed by atoms with Crippen LogP contribution in [-0.2, 0) is 10.0 Å². The van der Waals surface area contributed by atoms with Crippen LogP contribution < -0.4 is 11.3 Å². The first kappa shape index (κ1) is 11.3. The van der Waals surface area contributed by atoms with Gasteiger partial charge in [0.25, 0.3) is 5.56 Å². The maximum absolute atomic E-state index is 12.1. The van der Waals surface area contributed by atoms with E-state index < -0.39 is 15.6 Å². The van der Waals surface area contributed by atoms with E-state index in [4.69, 9.17) is 5.73 Å². The fourth-order valence-electron chi connectivity index (χ4n) is 1.72. The first-order chi connectivity index (χ1) is 7.51. The van der Waals surface area contributed by atoms with Crippen molar-refractivity contribution in [2.75, 3.05) is 13.1 Å². The highest BCUT2D eigenvalue weighted by molar-refractivity contribution is 7.89. The molecule has 88 valence electrons. The molecule has 0 bridgehead atoms. The number of sulfonamides is 1. The predicted molar refractivity (Wildman–Crippen MR) is 58.4 cm³/mol. The van der Waals surface area contributed by atoms with Gasteiger partial charge in [-0.2, -0.15) is 4.31 Å². The SMILES string of the molecule is N[C@H]1CCN(S(=O)(=O)c2ccc[nH]c2=O)C1. The van der Waals surface area contributed by atoms with Crippen molar-refractivity contribution in [1.82, 2.24) is 9.29 Å². The molecule has 0 unspecified atom stereocenters. The largest absolute Gasteiger partial charge is 0.328 e. The molecule has 2 rings (SSSR count). The lowest BCUT2D eigenvalue weighted by molar-refractivity contribution is 0.471. The van der Waals surface area contributed by atoms with Gasteiger partial charge in [-0.05, 0) is 18.6 Å². The van der Waals surface area contributed by atoms with Crippen molar-refractivity contribution in [3.8, 4) is 0 Å². The molecule has 1 aliphatic rings. The number of nitrogens with one attached hydrogen (secondary N) is 1. The van der Waals surface area contributed by atoms with Crippen LogP contribution in [0.15, 0.2) is 28.0 Å². The number of hydrogen-bond acceptors (Lipinski definition) is 4. The van der Waals surface area contributed by atoms with Crippen LogP contribution in [0.3, 0.4) is 0 Å². The molecule has 1 aromatic rings. The van der Waals surface area contributed by atoms with E-state index in [1.807, 2.05) is 0 Å². The van der Waals surface area contributed by atoms with Gasteiger partial charge in [-0.15, -0.1) is 0 Å². The average molecular weight is 243 g/mol. The average Bonchev–Trinajstić information content (AvgIpc) is 2.66. The van der Waals surface area contributed by atoms with Gasteiger partial charge in [0.2, 0.25) is 10.0 Å². The first-order valence-electron chi connectivity index (χ1n) is 4.95. The first-order valence-corrected chi connectivity index (χ1v) is 6.39. The third-order valence-electron chi connectivity index (χ3n) is 2.59. The highest BCUT2D eigenvalue weighted by Gasteiger charge is 2.32. The van der Waals surface area contributed by atoms with Gasteiger partial charge in [-0.3, -0.25) is 4.79 Å². The van der Waals surface area contributed by atoms with E-state index in [1.54, 1.807) is 0 Å². The minimum Gasteiger partial charge on any atom is -0.328 e. The third kappa shape index (κ3) is 1.89. The normalized spacial score (nSPS) is 22.4. The molecule has 0 spiro atoms. The number of aromatic nitrogens is 1. The van der Waals surface area contributed by atoms with Gasteiger partial charge >= 0.3 is 0 Å². The monoisotopic (exact) mass is 243 g/mol. The molecular weight excluding hydrogens is 230 g/mol. The third-order valence-corrected chi connectivity index (χ3v) is 4.48. The molecule has 0 radical (unpaired) electrons. The maximum Gasteiger partial charge on any atom is 0.268 e. The molecule has 1 aromatic heterocycles. The summed E-state index contributed by atoms with van der Waals surface area (Å²) in [5.74, 6) is 0. The summed E-state index contributed by atoms with van der Waals surface area (Å²) in [4.78, 5) is 13.5. The molecule has 0 aromatic carbocycles. The summed E-state index contributed by atoms with van der Waals surface area (Å²) >= 11 is 0. The van der Waals surface area contributed by atoms with Crippen molar-refractivity contribution in [3.63, 3.8) is 0 Å². The molecule has 7 heteroatoms. The Morgan fingerprint density at radius 3 is 2.81 bits per heavy atom. The minimum absolute atomic E-state index is 0.141. The van der Waals surface area contributed by atoms with Crippen molar-refractivity contribution in [2.45, 2.75) is 17.4 Å². The number of hydrogen-bond donors (Lipinski definition) is 2. The van der Waals surface area contributed by atoms with Crippen LogP contribution in [0.5, 0.6) is 0 Å². The summed E-state index contributed by atoms with van der Waals surface area (Å²) in [5, 5.41) is 0. The molecule has 3 N–H and O–H groups in total. The highest BCUT2D eigenvalue weighted by atomic mass is 32.2. The summed E-state index contributed by atoms with van der Waals surface area (Å²) < 4.78 is 25.4. The number of aromatic amines is 1. The van der Waals surface area contributed by atoms with Crippen molar-refractivity contribution in [3.05, 3.63) is 28.7 Å². The van der Waals surface area contributed by atoms with E-state index in [-0.39, 0.29) is 17.5 Å². The fourth-order valence-corrected chi connectivity index (χ4v) is 3.28. The summed E-state index contributed by atoms with van der Waals surface area (Å²) in [7, 11) is -3.69. The van der Waals surface area contributed by atoms with Crippen LogP contribution in [0.1, 0.15) is 6.42 Å². The molecule has 16 heavy (non-hydrogen) atoms. The molecule has 1 atom stereocenters. The van der Waals surface area contributed by atoms with Gasteiger partial charge in [-0.25, -0.2) is 8.42 Å². The van der Waals surface area contributed by atoms with Crippen molar-refractivity contribution < 1.29 is 8.42 Å². The van der Waals surface area contributed by atoms with Crippen molar-refractivity contribution in [1.29, 1.82) is 0 Å². The molecule has 6 nitrogen and oxygen atoms in total. The topological polar surface area (TPSA) is 96.3 Å². The quantitative estimate of drug-likeness (QED) is 0.703. The zero-order valence-corrected chi connectivity index (χ0v) is 9.40. The van der Waals surface area contributed by atoms with Gasteiger partial charge in [0.15, 0.2) is 0 Å². The zero-order valence-electron chi connectivity index (χ0n) is 8.59. The Morgan fingerprint density at radius 2 is 2.25 bits per heavy atom. The van der Waals surface area contributed by atoms with E-state index in [1.165, 1.54) is 22.6 Å². The summed E-state index contributed by atoms with van der Waals surface area (Å²) in [6.07, 6.45) is 2.03. The number of H-pyrrole nitrogens is 1. The fraction of sp³-hybridized carbons (Fsp3) is 0.444. The molecule has 0 amide bonds. The number of pyridine rings is 1. The molecule has 1 saturated heterocycles. The standard InChI is InChI=1S/C9H13N3O3S/c10-7-3-5-12(6-7)16(14,15)8-2-1-4-11-9(8)13/h1-2,4,7H,3,5-6,10H2,(H,11,13)/t7-/m0/s1. The van der Waals surface area contributed by atoms with E-state index >= 15 is 0 Å².